The van der Waals surface area contributed by atoms with Crippen LogP contribution in [0, 0.1) is 4.77 Å². The van der Waals surface area contributed by atoms with Crippen LogP contribution in [0.3, 0.4) is 0 Å². The molecule has 0 fully saturated rings. The minimum absolute atomic E-state index is 0.471. The molecule has 92 valence electrons. The molecule has 0 aliphatic carbocycles. The molecule has 19 heavy (non-hydrogen) atoms. The van der Waals surface area contributed by atoms with Crippen LogP contribution in [0.1, 0.15) is 0 Å². The number of nitrogens with zero attached hydrogens (tertiary/aromatic N) is 3. The van der Waals surface area contributed by atoms with Crippen molar-refractivity contribution in [2.45, 2.75) is 0 Å². The molecular weight excluding hydrogens is 258 g/mol. The number of H-pyrrole nitrogens is 2. The van der Waals surface area contributed by atoms with E-state index < -0.39 is 0 Å². The zero-order valence-electron chi connectivity index (χ0n) is 9.79. The minimum Gasteiger partial charge on any atom is -0.359 e. The summed E-state index contributed by atoms with van der Waals surface area (Å²) in [6.07, 6.45) is 1.86. The Morgan fingerprint density at radius 2 is 1.95 bits per heavy atom. The molecule has 0 atom stereocenters. The Balaban J connectivity index is 2.16. The monoisotopic (exact) mass is 267 g/mol. The van der Waals surface area contributed by atoms with Crippen LogP contribution in [0.25, 0.3) is 28.1 Å². The minimum atomic E-state index is 0.471. The van der Waals surface area contributed by atoms with Gasteiger partial charge in [-0.1, -0.05) is 12.1 Å². The summed E-state index contributed by atoms with van der Waals surface area (Å²) in [6.45, 7) is 0. The average molecular weight is 267 g/mol. The highest BCUT2D eigenvalue weighted by atomic mass is 32.1. The third-order valence-electron chi connectivity index (χ3n) is 3.05. The number of nitrogens with one attached hydrogen (secondary N) is 2. The maximum Gasteiger partial charge on any atom is 0.221 e. The molecular formula is C13H9N5S. The Hall–Kier alpha value is -2.47. The van der Waals surface area contributed by atoms with Crippen molar-refractivity contribution in [3.05, 3.63) is 47.4 Å². The second kappa shape index (κ2) is 3.76. The van der Waals surface area contributed by atoms with Crippen molar-refractivity contribution >= 4 is 28.8 Å². The first-order valence-corrected chi connectivity index (χ1v) is 6.25. The van der Waals surface area contributed by atoms with Crippen LogP contribution >= 0.6 is 12.2 Å². The van der Waals surface area contributed by atoms with E-state index in [9.17, 15) is 0 Å². The van der Waals surface area contributed by atoms with Gasteiger partial charge in [-0.25, -0.2) is 14.5 Å². The first-order chi connectivity index (χ1) is 9.33. The van der Waals surface area contributed by atoms with Gasteiger partial charge in [0.15, 0.2) is 11.5 Å². The lowest BCUT2D eigenvalue weighted by Crippen LogP contribution is -1.94. The van der Waals surface area contributed by atoms with Crippen molar-refractivity contribution < 1.29 is 0 Å². The molecule has 5 nitrogen and oxygen atoms in total. The van der Waals surface area contributed by atoms with E-state index in [2.05, 4.69) is 20.1 Å². The molecule has 3 aromatic heterocycles. The zero-order valence-corrected chi connectivity index (χ0v) is 10.6. The molecule has 0 aliphatic heterocycles. The molecule has 0 bridgehead atoms. The molecule has 4 rings (SSSR count). The Morgan fingerprint density at radius 3 is 2.79 bits per heavy atom. The SMILES string of the molecule is S=c1nc2ccccc2c2nc(-c3ccc[nH]3)[nH]n12. The fourth-order valence-corrected chi connectivity index (χ4v) is 2.40. The maximum absolute atomic E-state index is 5.29. The van der Waals surface area contributed by atoms with Gasteiger partial charge in [-0.3, -0.25) is 5.10 Å². The lowest BCUT2D eigenvalue weighted by atomic mass is 10.2. The van der Waals surface area contributed by atoms with Gasteiger partial charge in [0, 0.05) is 11.6 Å². The summed E-state index contributed by atoms with van der Waals surface area (Å²) in [4.78, 5) is 12.1. The van der Waals surface area contributed by atoms with E-state index >= 15 is 0 Å². The summed E-state index contributed by atoms with van der Waals surface area (Å²) >= 11 is 5.29. The summed E-state index contributed by atoms with van der Waals surface area (Å²) < 4.78 is 2.20. The van der Waals surface area contributed by atoms with Gasteiger partial charge >= 0.3 is 0 Å². The molecule has 0 aliphatic rings. The Labute approximate surface area is 112 Å². The molecule has 0 amide bonds. The Morgan fingerprint density at radius 1 is 1.05 bits per heavy atom. The maximum atomic E-state index is 5.29. The van der Waals surface area contributed by atoms with Crippen LogP contribution in [0.4, 0.5) is 0 Å². The second-order valence-corrected chi connectivity index (χ2v) is 4.59. The van der Waals surface area contributed by atoms with Gasteiger partial charge in [-0.15, -0.1) is 0 Å². The van der Waals surface area contributed by atoms with Crippen LogP contribution in [0.5, 0.6) is 0 Å². The third kappa shape index (κ3) is 1.50. The fourth-order valence-electron chi connectivity index (χ4n) is 2.17. The number of aromatic amines is 2. The molecule has 2 N–H and O–H groups in total. The van der Waals surface area contributed by atoms with Gasteiger partial charge < -0.3 is 4.98 Å². The summed E-state index contributed by atoms with van der Waals surface area (Å²) in [6, 6.07) is 11.7. The van der Waals surface area contributed by atoms with Crippen LogP contribution < -0.4 is 0 Å². The number of benzene rings is 1. The lowest BCUT2D eigenvalue weighted by molar-refractivity contribution is 0.917. The van der Waals surface area contributed by atoms with Crippen molar-refractivity contribution in [3.63, 3.8) is 0 Å². The first kappa shape index (κ1) is 10.5. The first-order valence-electron chi connectivity index (χ1n) is 5.84. The summed E-state index contributed by atoms with van der Waals surface area (Å²) in [7, 11) is 0. The standard InChI is InChI=1S/C13H9N5S/c19-13-15-9-5-2-1-4-8(9)12-16-11(17-18(12)13)10-6-3-7-14-10/h1-7,14H,(H,16,17). The van der Waals surface area contributed by atoms with E-state index in [1.807, 2.05) is 42.6 Å². The van der Waals surface area contributed by atoms with Crippen LogP contribution in [0.2, 0.25) is 0 Å². The largest absolute Gasteiger partial charge is 0.359 e. The molecule has 0 radical (unpaired) electrons. The highest BCUT2D eigenvalue weighted by Crippen LogP contribution is 2.20. The molecule has 3 heterocycles. The highest BCUT2D eigenvalue weighted by Gasteiger charge is 2.09. The number of para-hydroxylation sites is 1. The number of hydrogen-bond acceptors (Lipinski definition) is 3. The fraction of sp³-hybridized carbons (Fsp3) is 0. The van der Waals surface area contributed by atoms with E-state index in [0.29, 0.717) is 4.77 Å². The predicted octanol–water partition coefficient (Wildman–Crippen LogP) is 2.94. The van der Waals surface area contributed by atoms with Gasteiger partial charge in [0.25, 0.3) is 0 Å². The van der Waals surface area contributed by atoms with E-state index in [1.165, 1.54) is 0 Å². The van der Waals surface area contributed by atoms with Gasteiger partial charge in [0.05, 0.1) is 11.2 Å². The smallest absolute Gasteiger partial charge is 0.221 e. The average Bonchev–Trinajstić information content (AvgIpc) is 3.08. The Bertz CT molecular complexity index is 933. The predicted molar refractivity (Wildman–Crippen MR) is 75.5 cm³/mol. The number of fused-ring (bicyclic) bond motifs is 3. The van der Waals surface area contributed by atoms with Gasteiger partial charge in [-0.05, 0) is 36.5 Å². The van der Waals surface area contributed by atoms with E-state index in [-0.39, 0.29) is 0 Å². The molecule has 0 spiro atoms. The van der Waals surface area contributed by atoms with Crippen molar-refractivity contribution in [2.75, 3.05) is 0 Å². The number of hydrogen-bond donors (Lipinski definition) is 2. The third-order valence-corrected chi connectivity index (χ3v) is 3.33. The summed E-state index contributed by atoms with van der Waals surface area (Å²) in [5.74, 6) is 0.745. The van der Waals surface area contributed by atoms with Crippen molar-refractivity contribution in [2.24, 2.45) is 0 Å². The normalized spacial score (nSPS) is 11.4. The highest BCUT2D eigenvalue weighted by molar-refractivity contribution is 7.71. The van der Waals surface area contributed by atoms with Crippen molar-refractivity contribution in [1.29, 1.82) is 0 Å². The van der Waals surface area contributed by atoms with E-state index in [4.69, 9.17) is 12.2 Å². The lowest BCUT2D eigenvalue weighted by Gasteiger charge is -1.97. The van der Waals surface area contributed by atoms with Crippen LogP contribution in [-0.2, 0) is 0 Å². The molecule has 0 saturated carbocycles. The molecule has 6 heteroatoms. The van der Waals surface area contributed by atoms with E-state index in [0.717, 1.165) is 28.1 Å². The molecule has 1 aromatic carbocycles. The Kier molecular flexibility index (Phi) is 2.07. The van der Waals surface area contributed by atoms with Crippen molar-refractivity contribution in [1.82, 2.24) is 24.6 Å². The number of rotatable bonds is 1. The quantitative estimate of drug-likeness (QED) is 0.521. The zero-order chi connectivity index (χ0) is 12.8. The molecule has 0 unspecified atom stereocenters. The number of aromatic nitrogens is 5. The van der Waals surface area contributed by atoms with Crippen LogP contribution in [0.15, 0.2) is 42.6 Å². The van der Waals surface area contributed by atoms with Crippen LogP contribution in [-0.4, -0.2) is 24.6 Å². The summed E-state index contributed by atoms with van der Waals surface area (Å²) in [5, 5.41) is 4.14. The van der Waals surface area contributed by atoms with Gasteiger partial charge in [0.2, 0.25) is 4.77 Å². The van der Waals surface area contributed by atoms with E-state index in [1.54, 1.807) is 4.52 Å². The topological polar surface area (TPSA) is 61.8 Å². The van der Waals surface area contributed by atoms with Gasteiger partial charge in [-0.2, -0.15) is 0 Å². The second-order valence-electron chi connectivity index (χ2n) is 4.23. The molecule has 4 aromatic rings. The molecule has 0 saturated heterocycles. The van der Waals surface area contributed by atoms with Gasteiger partial charge in [0.1, 0.15) is 0 Å². The summed E-state index contributed by atoms with van der Waals surface area (Å²) in [5.41, 5.74) is 2.57. The van der Waals surface area contributed by atoms with Crippen molar-refractivity contribution in [3.8, 4) is 11.5 Å².